The highest BCUT2D eigenvalue weighted by atomic mass is 32.2. The maximum atomic E-state index is 12.1. The van der Waals surface area contributed by atoms with Crippen LogP contribution in [0.2, 0.25) is 0 Å². The average Bonchev–Trinajstić information content (AvgIpc) is 2.44. The molecule has 0 aromatic heterocycles. The lowest BCUT2D eigenvalue weighted by Gasteiger charge is -2.08. The molecule has 8 heteroatoms. The summed E-state index contributed by atoms with van der Waals surface area (Å²) in [5.74, 6) is -0.409. The molecule has 0 unspecified atom stereocenters. The molecular weight excluding hydrogens is 306 g/mol. The van der Waals surface area contributed by atoms with Crippen LogP contribution in [-0.2, 0) is 10.0 Å². The summed E-state index contributed by atoms with van der Waals surface area (Å²) in [7, 11) is -3.90. The van der Waals surface area contributed by atoms with E-state index in [9.17, 15) is 13.2 Å². The molecule has 22 heavy (non-hydrogen) atoms. The lowest BCUT2D eigenvalue weighted by Crippen LogP contribution is -2.29. The van der Waals surface area contributed by atoms with Gasteiger partial charge in [-0.15, -0.1) is 0 Å². The van der Waals surface area contributed by atoms with Gasteiger partial charge in [0.15, 0.2) is 5.78 Å². The number of sulfonamides is 1. The number of phenols is 1. The summed E-state index contributed by atoms with van der Waals surface area (Å²) in [5, 5.41) is 9.15. The fraction of sp³-hybridized carbons (Fsp3) is 0.0714. The zero-order valence-electron chi connectivity index (χ0n) is 11.5. The Labute approximate surface area is 127 Å². The number of nitrogens with two attached hydrogens (primary N) is 2. The van der Waals surface area contributed by atoms with Crippen molar-refractivity contribution in [2.24, 2.45) is 0 Å². The quantitative estimate of drug-likeness (QED) is 0.473. The Morgan fingerprint density at radius 1 is 1.05 bits per heavy atom. The standard InChI is InChI=1S/C14H15N3O4S/c15-10-5-11(16)7-13(6-10)22(20,21)17-8-14(19)9-1-3-12(18)4-2-9/h1-7,17-18H,8,15-16H2. The van der Waals surface area contributed by atoms with Gasteiger partial charge >= 0.3 is 0 Å². The number of aromatic hydroxyl groups is 1. The number of carbonyl (C=O) groups excluding carboxylic acids is 1. The molecule has 0 amide bonds. The lowest BCUT2D eigenvalue weighted by atomic mass is 10.1. The number of Topliss-reactive ketones (excluding diaryl/α,β-unsaturated/α-hetero) is 1. The molecule has 0 aliphatic rings. The monoisotopic (exact) mass is 321 g/mol. The van der Waals surface area contributed by atoms with E-state index in [4.69, 9.17) is 16.6 Å². The third-order valence-electron chi connectivity index (χ3n) is 2.87. The van der Waals surface area contributed by atoms with Crippen molar-refractivity contribution in [1.29, 1.82) is 0 Å². The third-order valence-corrected chi connectivity index (χ3v) is 4.25. The first-order valence-corrected chi connectivity index (χ1v) is 7.74. The molecule has 0 saturated carbocycles. The SMILES string of the molecule is Nc1cc(N)cc(S(=O)(=O)NCC(=O)c2ccc(O)cc2)c1. The van der Waals surface area contributed by atoms with Gasteiger partial charge < -0.3 is 16.6 Å². The maximum absolute atomic E-state index is 12.1. The molecule has 0 bridgehead atoms. The first-order chi connectivity index (χ1) is 10.3. The van der Waals surface area contributed by atoms with E-state index in [0.29, 0.717) is 0 Å². The molecule has 7 nitrogen and oxygen atoms in total. The van der Waals surface area contributed by atoms with Crippen LogP contribution in [0.15, 0.2) is 47.4 Å². The first-order valence-electron chi connectivity index (χ1n) is 6.26. The van der Waals surface area contributed by atoms with Crippen molar-refractivity contribution in [1.82, 2.24) is 4.72 Å². The van der Waals surface area contributed by atoms with E-state index in [2.05, 4.69) is 4.72 Å². The number of rotatable bonds is 5. The number of hydrogen-bond donors (Lipinski definition) is 4. The molecule has 2 aromatic rings. The van der Waals surface area contributed by atoms with Gasteiger partial charge in [0.2, 0.25) is 10.0 Å². The summed E-state index contributed by atoms with van der Waals surface area (Å²) in [4.78, 5) is 11.8. The highest BCUT2D eigenvalue weighted by molar-refractivity contribution is 7.89. The highest BCUT2D eigenvalue weighted by Gasteiger charge is 2.17. The number of nitrogens with one attached hydrogen (secondary N) is 1. The second kappa shape index (κ2) is 6.04. The van der Waals surface area contributed by atoms with E-state index < -0.39 is 22.4 Å². The van der Waals surface area contributed by atoms with Gasteiger partial charge in [-0.3, -0.25) is 4.79 Å². The summed E-state index contributed by atoms with van der Waals surface area (Å²) in [6.45, 7) is -0.415. The minimum atomic E-state index is -3.90. The first kappa shape index (κ1) is 15.8. The van der Waals surface area contributed by atoms with Gasteiger partial charge in [-0.05, 0) is 42.5 Å². The molecule has 6 N–H and O–H groups in total. The summed E-state index contributed by atoms with van der Waals surface area (Å²) in [6, 6.07) is 9.45. The van der Waals surface area contributed by atoms with Crippen LogP contribution in [0.5, 0.6) is 5.75 Å². The van der Waals surface area contributed by atoms with E-state index in [1.54, 1.807) is 0 Å². The van der Waals surface area contributed by atoms with Crippen molar-refractivity contribution in [2.75, 3.05) is 18.0 Å². The molecule has 116 valence electrons. The molecule has 0 heterocycles. The van der Waals surface area contributed by atoms with Crippen molar-refractivity contribution < 1.29 is 18.3 Å². The minimum absolute atomic E-state index is 0.0207. The van der Waals surface area contributed by atoms with Gasteiger partial charge in [-0.1, -0.05) is 0 Å². The van der Waals surface area contributed by atoms with E-state index >= 15 is 0 Å². The average molecular weight is 321 g/mol. The third kappa shape index (κ3) is 3.74. The fourth-order valence-corrected chi connectivity index (χ4v) is 2.86. The molecule has 0 saturated heterocycles. The van der Waals surface area contributed by atoms with Gasteiger partial charge in [0.25, 0.3) is 0 Å². The molecule has 0 aliphatic carbocycles. The molecule has 0 aliphatic heterocycles. The maximum Gasteiger partial charge on any atom is 0.241 e. The second-order valence-electron chi connectivity index (χ2n) is 4.63. The Balaban J connectivity index is 2.12. The Hall–Kier alpha value is -2.58. The smallest absolute Gasteiger partial charge is 0.241 e. The number of anilines is 2. The van der Waals surface area contributed by atoms with Gasteiger partial charge in [-0.25, -0.2) is 13.1 Å². The van der Waals surface area contributed by atoms with Crippen LogP contribution >= 0.6 is 0 Å². The van der Waals surface area contributed by atoms with Crippen LogP contribution in [0.3, 0.4) is 0 Å². The van der Waals surface area contributed by atoms with Crippen LogP contribution in [0.25, 0.3) is 0 Å². The minimum Gasteiger partial charge on any atom is -0.508 e. The molecule has 0 atom stereocenters. The zero-order valence-corrected chi connectivity index (χ0v) is 12.3. The van der Waals surface area contributed by atoms with Crippen molar-refractivity contribution in [2.45, 2.75) is 4.90 Å². The van der Waals surface area contributed by atoms with Gasteiger partial charge in [-0.2, -0.15) is 0 Å². The molecule has 0 radical (unpaired) electrons. The number of benzene rings is 2. The predicted molar refractivity (Wildman–Crippen MR) is 82.9 cm³/mol. The van der Waals surface area contributed by atoms with E-state index in [1.165, 1.54) is 42.5 Å². The molecule has 2 rings (SSSR count). The largest absolute Gasteiger partial charge is 0.508 e. The fourth-order valence-electron chi connectivity index (χ4n) is 1.79. The van der Waals surface area contributed by atoms with Gasteiger partial charge in [0.05, 0.1) is 11.4 Å². The summed E-state index contributed by atoms with van der Waals surface area (Å²) in [6.07, 6.45) is 0. The second-order valence-corrected chi connectivity index (χ2v) is 6.40. The molecule has 0 spiro atoms. The van der Waals surface area contributed by atoms with Crippen molar-refractivity contribution in [3.8, 4) is 5.75 Å². The van der Waals surface area contributed by atoms with Crippen LogP contribution in [0.4, 0.5) is 11.4 Å². The molecular formula is C14H15N3O4S. The number of carbonyl (C=O) groups is 1. The van der Waals surface area contributed by atoms with Crippen molar-refractivity contribution in [3.63, 3.8) is 0 Å². The number of hydrogen-bond acceptors (Lipinski definition) is 6. The number of ketones is 1. The Morgan fingerprint density at radius 2 is 1.59 bits per heavy atom. The Bertz CT molecular complexity index is 781. The van der Waals surface area contributed by atoms with Gasteiger partial charge in [0, 0.05) is 16.9 Å². The van der Waals surface area contributed by atoms with Gasteiger partial charge in [0.1, 0.15) is 5.75 Å². The van der Waals surface area contributed by atoms with Crippen LogP contribution in [0, 0.1) is 0 Å². The zero-order chi connectivity index (χ0) is 16.3. The number of phenolic OH excluding ortho intramolecular Hbond substituents is 1. The van der Waals surface area contributed by atoms with Crippen molar-refractivity contribution in [3.05, 3.63) is 48.0 Å². The Morgan fingerprint density at radius 3 is 2.14 bits per heavy atom. The molecule has 2 aromatic carbocycles. The summed E-state index contributed by atoms with van der Waals surface area (Å²) in [5.41, 5.74) is 11.8. The normalized spacial score (nSPS) is 11.3. The number of nitrogen functional groups attached to an aromatic ring is 2. The summed E-state index contributed by atoms with van der Waals surface area (Å²) >= 11 is 0. The van der Waals surface area contributed by atoms with Crippen LogP contribution < -0.4 is 16.2 Å². The summed E-state index contributed by atoms with van der Waals surface area (Å²) < 4.78 is 26.4. The Kier molecular flexibility index (Phi) is 4.34. The van der Waals surface area contributed by atoms with E-state index in [1.807, 2.05) is 0 Å². The topological polar surface area (TPSA) is 136 Å². The predicted octanol–water partition coefficient (Wildman–Crippen LogP) is 0.718. The van der Waals surface area contributed by atoms with E-state index in [0.717, 1.165) is 0 Å². The highest BCUT2D eigenvalue weighted by Crippen LogP contribution is 2.18. The molecule has 0 fully saturated rings. The van der Waals surface area contributed by atoms with Crippen LogP contribution in [0.1, 0.15) is 10.4 Å². The lowest BCUT2D eigenvalue weighted by molar-refractivity contribution is 0.0997. The van der Waals surface area contributed by atoms with E-state index in [-0.39, 0.29) is 27.6 Å². The van der Waals surface area contributed by atoms with Crippen molar-refractivity contribution >= 4 is 27.2 Å². The van der Waals surface area contributed by atoms with Crippen LogP contribution in [-0.4, -0.2) is 25.9 Å².